The van der Waals surface area contributed by atoms with Crippen LogP contribution in [-0.2, 0) is 4.79 Å². The van der Waals surface area contributed by atoms with Crippen molar-refractivity contribution in [3.8, 4) is 11.3 Å². The zero-order valence-electron chi connectivity index (χ0n) is 13.2. The van der Waals surface area contributed by atoms with Gasteiger partial charge in [0.05, 0.1) is 5.69 Å². The molecule has 3 rings (SSSR count). The number of hydrogen-bond donors (Lipinski definition) is 0. The lowest BCUT2D eigenvalue weighted by atomic mass is 9.93. The van der Waals surface area contributed by atoms with Crippen LogP contribution in [0.5, 0.6) is 0 Å². The predicted octanol–water partition coefficient (Wildman–Crippen LogP) is 3.78. The first-order valence-electron chi connectivity index (χ1n) is 7.93. The molecule has 1 saturated heterocycles. The molecule has 22 heavy (non-hydrogen) atoms. The monoisotopic (exact) mass is 294 g/mol. The highest BCUT2D eigenvalue weighted by Gasteiger charge is 2.23. The van der Waals surface area contributed by atoms with Gasteiger partial charge in [0, 0.05) is 37.2 Å². The van der Waals surface area contributed by atoms with E-state index in [1.165, 1.54) is 5.56 Å². The first kappa shape index (κ1) is 14.8. The van der Waals surface area contributed by atoms with Gasteiger partial charge in [0.2, 0.25) is 5.91 Å². The van der Waals surface area contributed by atoms with E-state index in [1.54, 1.807) is 6.92 Å². The number of aryl methyl sites for hydroxylation is 1. The molecule has 0 bridgehead atoms. The fraction of sp³-hybridized carbons (Fsp3) is 0.368. The second-order valence-corrected chi connectivity index (χ2v) is 6.12. The highest BCUT2D eigenvalue weighted by Crippen LogP contribution is 2.27. The number of piperidine rings is 1. The molecule has 2 heterocycles. The molecule has 1 amide bonds. The van der Waals surface area contributed by atoms with E-state index in [0.717, 1.165) is 42.9 Å². The summed E-state index contributed by atoms with van der Waals surface area (Å²) in [5.41, 5.74) is 4.51. The second kappa shape index (κ2) is 6.30. The molecule has 1 aliphatic heterocycles. The Balaban J connectivity index is 1.86. The van der Waals surface area contributed by atoms with Crippen molar-refractivity contribution in [3.05, 3.63) is 53.7 Å². The van der Waals surface area contributed by atoms with Crippen LogP contribution in [0.2, 0.25) is 0 Å². The average Bonchev–Trinajstić information content (AvgIpc) is 2.55. The molecule has 0 aliphatic carbocycles. The van der Waals surface area contributed by atoms with E-state index in [1.807, 2.05) is 4.90 Å². The summed E-state index contributed by atoms with van der Waals surface area (Å²) in [5, 5.41) is 0. The van der Waals surface area contributed by atoms with E-state index >= 15 is 0 Å². The third kappa shape index (κ3) is 3.19. The maximum absolute atomic E-state index is 11.6. The average molecular weight is 294 g/mol. The Morgan fingerprint density at radius 3 is 2.82 bits per heavy atom. The van der Waals surface area contributed by atoms with E-state index in [-0.39, 0.29) is 5.91 Å². The van der Waals surface area contributed by atoms with Gasteiger partial charge >= 0.3 is 0 Å². The van der Waals surface area contributed by atoms with Gasteiger partial charge in [-0.3, -0.25) is 9.78 Å². The number of carbonyl (C=O) groups excluding carboxylic acids is 1. The number of aromatic nitrogens is 1. The zero-order valence-corrected chi connectivity index (χ0v) is 13.2. The molecule has 0 saturated carbocycles. The predicted molar refractivity (Wildman–Crippen MR) is 88.6 cm³/mol. The van der Waals surface area contributed by atoms with E-state index in [2.05, 4.69) is 49.4 Å². The highest BCUT2D eigenvalue weighted by molar-refractivity contribution is 5.73. The van der Waals surface area contributed by atoms with Crippen LogP contribution >= 0.6 is 0 Å². The SMILES string of the molecule is CC(=O)N1CCCC(c2cccc(-c3cccc(C)c3)n2)C1. The molecule has 3 nitrogen and oxygen atoms in total. The van der Waals surface area contributed by atoms with Gasteiger partial charge in [-0.1, -0.05) is 29.8 Å². The maximum Gasteiger partial charge on any atom is 0.219 e. The molecular formula is C19H22N2O. The molecular weight excluding hydrogens is 272 g/mol. The van der Waals surface area contributed by atoms with E-state index in [4.69, 9.17) is 4.98 Å². The van der Waals surface area contributed by atoms with Crippen LogP contribution in [0.3, 0.4) is 0 Å². The summed E-state index contributed by atoms with van der Waals surface area (Å²) in [4.78, 5) is 18.4. The Morgan fingerprint density at radius 1 is 1.23 bits per heavy atom. The van der Waals surface area contributed by atoms with Gasteiger partial charge in [0.15, 0.2) is 0 Å². The van der Waals surface area contributed by atoms with Gasteiger partial charge < -0.3 is 4.90 Å². The van der Waals surface area contributed by atoms with Crippen LogP contribution in [0.25, 0.3) is 11.3 Å². The molecule has 114 valence electrons. The van der Waals surface area contributed by atoms with Gasteiger partial charge in [0.1, 0.15) is 0 Å². The van der Waals surface area contributed by atoms with Crippen molar-refractivity contribution in [1.29, 1.82) is 0 Å². The highest BCUT2D eigenvalue weighted by atomic mass is 16.2. The minimum absolute atomic E-state index is 0.166. The fourth-order valence-corrected chi connectivity index (χ4v) is 3.15. The topological polar surface area (TPSA) is 33.2 Å². The molecule has 0 radical (unpaired) electrons. The smallest absolute Gasteiger partial charge is 0.219 e. The third-order valence-electron chi connectivity index (χ3n) is 4.37. The summed E-state index contributed by atoms with van der Waals surface area (Å²) in [6.45, 7) is 5.42. The van der Waals surface area contributed by atoms with Crippen molar-refractivity contribution >= 4 is 5.91 Å². The van der Waals surface area contributed by atoms with Crippen LogP contribution in [0.15, 0.2) is 42.5 Å². The first-order valence-corrected chi connectivity index (χ1v) is 7.93. The van der Waals surface area contributed by atoms with Crippen LogP contribution < -0.4 is 0 Å². The number of carbonyl (C=O) groups is 1. The third-order valence-corrected chi connectivity index (χ3v) is 4.37. The minimum Gasteiger partial charge on any atom is -0.342 e. The van der Waals surface area contributed by atoms with Crippen molar-refractivity contribution < 1.29 is 4.79 Å². The Bertz CT molecular complexity index is 681. The van der Waals surface area contributed by atoms with E-state index < -0.39 is 0 Å². The summed E-state index contributed by atoms with van der Waals surface area (Å²) < 4.78 is 0. The first-order chi connectivity index (χ1) is 10.6. The summed E-state index contributed by atoms with van der Waals surface area (Å²) in [6, 6.07) is 14.7. The van der Waals surface area contributed by atoms with Crippen LogP contribution in [-0.4, -0.2) is 28.9 Å². The van der Waals surface area contributed by atoms with Crippen molar-refractivity contribution in [2.24, 2.45) is 0 Å². The van der Waals surface area contributed by atoms with Crippen molar-refractivity contribution in [2.75, 3.05) is 13.1 Å². The fourth-order valence-electron chi connectivity index (χ4n) is 3.15. The van der Waals surface area contributed by atoms with Gasteiger partial charge in [-0.05, 0) is 38.0 Å². The summed E-state index contributed by atoms with van der Waals surface area (Å²) >= 11 is 0. The van der Waals surface area contributed by atoms with Crippen LogP contribution in [0.4, 0.5) is 0 Å². The van der Waals surface area contributed by atoms with Gasteiger partial charge in [-0.25, -0.2) is 0 Å². The van der Waals surface area contributed by atoms with Crippen LogP contribution in [0.1, 0.15) is 36.9 Å². The number of nitrogens with zero attached hydrogens (tertiary/aromatic N) is 2. The van der Waals surface area contributed by atoms with Crippen LogP contribution in [0, 0.1) is 6.92 Å². The van der Waals surface area contributed by atoms with Crippen molar-refractivity contribution in [3.63, 3.8) is 0 Å². The van der Waals surface area contributed by atoms with Gasteiger partial charge in [-0.2, -0.15) is 0 Å². The molecule has 1 aliphatic rings. The molecule has 0 spiro atoms. The number of rotatable bonds is 2. The Kier molecular flexibility index (Phi) is 4.23. The Labute approximate surface area is 132 Å². The summed E-state index contributed by atoms with van der Waals surface area (Å²) in [7, 11) is 0. The van der Waals surface area contributed by atoms with E-state index in [9.17, 15) is 4.79 Å². The molecule has 1 aromatic heterocycles. The molecule has 1 aromatic carbocycles. The second-order valence-electron chi connectivity index (χ2n) is 6.12. The Hall–Kier alpha value is -2.16. The lowest BCUT2D eigenvalue weighted by Gasteiger charge is -2.31. The van der Waals surface area contributed by atoms with Crippen molar-refractivity contribution in [1.82, 2.24) is 9.88 Å². The maximum atomic E-state index is 11.6. The molecule has 1 atom stereocenters. The van der Waals surface area contributed by atoms with E-state index in [0.29, 0.717) is 5.92 Å². The van der Waals surface area contributed by atoms with Crippen molar-refractivity contribution in [2.45, 2.75) is 32.6 Å². The molecule has 1 unspecified atom stereocenters. The lowest BCUT2D eigenvalue weighted by Crippen LogP contribution is -2.37. The largest absolute Gasteiger partial charge is 0.342 e. The number of hydrogen-bond acceptors (Lipinski definition) is 2. The molecule has 1 fully saturated rings. The molecule has 3 heteroatoms. The summed E-state index contributed by atoms with van der Waals surface area (Å²) in [6.07, 6.45) is 2.16. The minimum atomic E-state index is 0.166. The van der Waals surface area contributed by atoms with Gasteiger partial charge in [-0.15, -0.1) is 0 Å². The number of benzene rings is 1. The standard InChI is InChI=1S/C19H22N2O/c1-14-6-3-7-16(12-14)18-9-4-10-19(20-18)17-8-5-11-21(13-17)15(2)22/h3-4,6-7,9-10,12,17H,5,8,11,13H2,1-2H3. The summed E-state index contributed by atoms with van der Waals surface area (Å²) in [5.74, 6) is 0.516. The molecule has 0 N–H and O–H groups in total. The lowest BCUT2D eigenvalue weighted by molar-refractivity contribution is -0.130. The zero-order chi connectivity index (χ0) is 15.5. The number of pyridine rings is 1. The Morgan fingerprint density at radius 2 is 2.05 bits per heavy atom. The quantitative estimate of drug-likeness (QED) is 0.844. The number of likely N-dealkylation sites (tertiary alicyclic amines) is 1. The molecule has 2 aromatic rings. The van der Waals surface area contributed by atoms with Gasteiger partial charge in [0.25, 0.3) is 0 Å². The number of amides is 1. The normalized spacial score (nSPS) is 18.3.